The Bertz CT molecular complexity index is 1730. The molecule has 5 rings (SSSR count). The summed E-state index contributed by atoms with van der Waals surface area (Å²) in [5.74, 6) is 0.514. The molecule has 4 aromatic rings. The van der Waals surface area contributed by atoms with Crippen molar-refractivity contribution in [2.24, 2.45) is 5.41 Å². The lowest BCUT2D eigenvalue weighted by atomic mass is 9.94. The molecule has 0 radical (unpaired) electrons. The van der Waals surface area contributed by atoms with Crippen LogP contribution in [0.1, 0.15) is 68.4 Å². The van der Waals surface area contributed by atoms with Gasteiger partial charge in [0, 0.05) is 34.9 Å². The summed E-state index contributed by atoms with van der Waals surface area (Å²) in [6, 6.07) is 31.3. The lowest BCUT2D eigenvalue weighted by molar-refractivity contribution is -0.138. The summed E-state index contributed by atoms with van der Waals surface area (Å²) in [4.78, 5) is 29.4. The minimum atomic E-state index is -1.07. The van der Waals surface area contributed by atoms with E-state index in [1.54, 1.807) is 18.1 Å². The number of benzene rings is 4. The number of anilines is 1. The molecule has 0 fully saturated rings. The molecule has 1 aliphatic rings. The third-order valence-electron chi connectivity index (χ3n) is 8.65. The molecule has 0 saturated heterocycles. The Morgan fingerprint density at radius 1 is 0.885 bits per heavy atom. The molecule has 0 spiro atoms. The van der Waals surface area contributed by atoms with Gasteiger partial charge in [-0.1, -0.05) is 105 Å². The average molecular weight is 749 g/mol. The number of fused-ring (bicyclic) bond motifs is 1. The number of hydrogen-bond acceptors (Lipinski definition) is 6. The molecular weight excluding hydrogens is 697 g/mol. The van der Waals surface area contributed by atoms with Gasteiger partial charge in [0.25, 0.3) is 5.91 Å². The largest absolute Gasteiger partial charge is 0.492 e. The molecule has 0 saturated carbocycles. The van der Waals surface area contributed by atoms with Crippen molar-refractivity contribution < 1.29 is 23.8 Å². The van der Waals surface area contributed by atoms with Crippen molar-refractivity contribution in [1.29, 1.82) is 0 Å². The van der Waals surface area contributed by atoms with Gasteiger partial charge in [-0.2, -0.15) is 0 Å². The predicted octanol–water partition coefficient (Wildman–Crippen LogP) is 8.34. The van der Waals surface area contributed by atoms with E-state index in [2.05, 4.69) is 55.7 Å². The van der Waals surface area contributed by atoms with E-state index in [0.29, 0.717) is 53.0 Å². The minimum absolute atomic E-state index is 0. The van der Waals surface area contributed by atoms with E-state index in [0.717, 1.165) is 37.9 Å². The first-order valence-corrected chi connectivity index (χ1v) is 18.1. The van der Waals surface area contributed by atoms with Crippen LogP contribution in [-0.4, -0.2) is 51.3 Å². The summed E-state index contributed by atoms with van der Waals surface area (Å²) in [5, 5.41) is 6.97. The Hall–Kier alpha value is -4.08. The highest BCUT2D eigenvalue weighted by molar-refractivity contribution is 6.30. The van der Waals surface area contributed by atoms with Crippen molar-refractivity contribution in [2.45, 2.75) is 65.2 Å². The number of halogens is 2. The number of para-hydroxylation sites is 1. The van der Waals surface area contributed by atoms with E-state index in [9.17, 15) is 9.59 Å². The maximum atomic E-state index is 14.3. The molecular formula is C42H51Cl2N3O5. The molecule has 0 bridgehead atoms. The van der Waals surface area contributed by atoms with Crippen molar-refractivity contribution >= 4 is 41.5 Å². The molecule has 52 heavy (non-hydrogen) atoms. The zero-order valence-electron chi connectivity index (χ0n) is 30.5. The molecule has 0 aliphatic carbocycles. The normalized spacial score (nSPS) is 15.6. The van der Waals surface area contributed by atoms with Gasteiger partial charge in [0.05, 0.1) is 20.1 Å². The molecule has 10 heteroatoms. The number of nitrogens with one attached hydrogen (secondary N) is 2. The fraction of sp³-hybridized carbons (Fsp3) is 0.381. The summed E-state index contributed by atoms with van der Waals surface area (Å²) in [6.07, 6.45) is 0.935. The molecule has 2 N–H and O–H groups in total. The third-order valence-corrected chi connectivity index (χ3v) is 8.89. The Morgan fingerprint density at radius 3 is 2.27 bits per heavy atom. The number of amides is 2. The second-order valence-electron chi connectivity index (χ2n) is 14.1. The second-order valence-corrected chi connectivity index (χ2v) is 14.5. The Morgan fingerprint density at radius 2 is 1.58 bits per heavy atom. The van der Waals surface area contributed by atoms with Crippen LogP contribution in [0.25, 0.3) is 0 Å². The fourth-order valence-corrected chi connectivity index (χ4v) is 6.44. The van der Waals surface area contributed by atoms with Crippen LogP contribution in [0.2, 0.25) is 5.02 Å². The van der Waals surface area contributed by atoms with Crippen LogP contribution < -0.4 is 25.0 Å². The Labute approximate surface area is 319 Å². The van der Waals surface area contributed by atoms with E-state index in [4.69, 9.17) is 25.8 Å². The minimum Gasteiger partial charge on any atom is -0.492 e. The smallest absolute Gasteiger partial charge is 0.256 e. The lowest BCUT2D eigenvalue weighted by Crippen LogP contribution is -2.45. The molecule has 1 heterocycles. The highest BCUT2D eigenvalue weighted by Gasteiger charge is 2.40. The van der Waals surface area contributed by atoms with Crippen molar-refractivity contribution in [3.8, 4) is 11.5 Å². The molecule has 0 unspecified atom stereocenters. The highest BCUT2D eigenvalue weighted by Crippen LogP contribution is 2.45. The van der Waals surface area contributed by atoms with Gasteiger partial charge in [-0.05, 0) is 73.2 Å². The van der Waals surface area contributed by atoms with Crippen molar-refractivity contribution in [3.05, 3.63) is 124 Å². The first kappa shape index (κ1) is 40.7. The monoisotopic (exact) mass is 747 g/mol. The summed E-state index contributed by atoms with van der Waals surface area (Å²) >= 11 is 6.60. The van der Waals surface area contributed by atoms with Gasteiger partial charge in [-0.25, -0.2) is 0 Å². The number of aryl methyl sites for hydroxylation is 1. The average Bonchev–Trinajstić information content (AvgIpc) is 3.22. The Kier molecular flexibility index (Phi) is 15.4. The van der Waals surface area contributed by atoms with Gasteiger partial charge in [0.15, 0.2) is 11.5 Å². The van der Waals surface area contributed by atoms with E-state index >= 15 is 0 Å². The maximum Gasteiger partial charge on any atom is 0.256 e. The van der Waals surface area contributed by atoms with Crippen LogP contribution in [0.5, 0.6) is 11.5 Å². The van der Waals surface area contributed by atoms with Gasteiger partial charge in [0.1, 0.15) is 12.2 Å². The summed E-state index contributed by atoms with van der Waals surface area (Å²) < 4.78 is 19.0. The van der Waals surface area contributed by atoms with Crippen LogP contribution in [-0.2, 0) is 27.3 Å². The molecule has 2 amide bonds. The summed E-state index contributed by atoms with van der Waals surface area (Å²) in [5.41, 5.74) is 4.15. The van der Waals surface area contributed by atoms with E-state index in [1.807, 2.05) is 66.7 Å². The predicted molar refractivity (Wildman–Crippen MR) is 211 cm³/mol. The fourth-order valence-electron chi connectivity index (χ4n) is 6.26. The van der Waals surface area contributed by atoms with Crippen LogP contribution in [0.3, 0.4) is 0 Å². The third kappa shape index (κ3) is 11.5. The van der Waals surface area contributed by atoms with E-state index < -0.39 is 12.2 Å². The van der Waals surface area contributed by atoms with Gasteiger partial charge >= 0.3 is 0 Å². The molecule has 8 nitrogen and oxygen atoms in total. The van der Waals surface area contributed by atoms with Gasteiger partial charge in [0.2, 0.25) is 5.91 Å². The first-order chi connectivity index (χ1) is 24.6. The Balaban J connectivity index is 0.00000605. The van der Waals surface area contributed by atoms with Crippen LogP contribution in [0.4, 0.5) is 5.69 Å². The van der Waals surface area contributed by atoms with Gasteiger partial charge in [-0.3, -0.25) is 9.59 Å². The van der Waals surface area contributed by atoms with Crippen LogP contribution in [0, 0.1) is 5.41 Å². The number of carbonyl (C=O) groups is 2. The highest BCUT2D eigenvalue weighted by atomic mass is 35.5. The van der Waals surface area contributed by atoms with Crippen molar-refractivity contribution in [2.75, 3.05) is 38.3 Å². The van der Waals surface area contributed by atoms with Gasteiger partial charge < -0.3 is 29.7 Å². The number of rotatable bonds is 16. The standard InChI is InChI=1S/C42H50ClN3O5.ClH/c1-42(2,3)29-46-35-22-21-32(43)26-34(35)39(51-37(41(46)48)27-38(47)45-28-31-16-9-6-10-17-31)33-19-11-20-36(40(33)49-4)50-25-13-24-44-23-12-18-30-14-7-5-8-15-30;/h5-11,14-17,19-22,26,37,39,44H,12-13,18,23-25,27-29H2,1-4H3,(H,45,47);1H/t37-,39-;/m0./s1. The quantitative estimate of drug-likeness (QED) is 0.112. The summed E-state index contributed by atoms with van der Waals surface area (Å²) in [6.45, 7) is 9.24. The molecule has 0 aromatic heterocycles. The first-order valence-electron chi connectivity index (χ1n) is 17.7. The number of ether oxygens (including phenoxy) is 3. The topological polar surface area (TPSA) is 89.1 Å². The molecule has 278 valence electrons. The number of carbonyl (C=O) groups excluding carboxylic acids is 2. The van der Waals surface area contributed by atoms with Crippen LogP contribution in [0.15, 0.2) is 97.1 Å². The number of methoxy groups -OCH3 is 1. The lowest BCUT2D eigenvalue weighted by Gasteiger charge is -2.31. The second kappa shape index (κ2) is 19.7. The molecule has 4 aromatic carbocycles. The van der Waals surface area contributed by atoms with E-state index in [1.165, 1.54) is 5.56 Å². The number of nitrogens with zero attached hydrogens (tertiary/aromatic N) is 1. The van der Waals surface area contributed by atoms with Crippen LogP contribution >= 0.6 is 24.0 Å². The molecule has 1 aliphatic heterocycles. The zero-order chi connectivity index (χ0) is 36.2. The SMILES string of the molecule is COc1c(OCCCNCCCc2ccccc2)cccc1[C@@H]1O[C@@H](CC(=O)NCc2ccccc2)C(=O)N(CC(C)(C)C)c2ccc(Cl)cc21.Cl. The number of hydrogen-bond donors (Lipinski definition) is 2. The maximum absolute atomic E-state index is 14.3. The van der Waals surface area contributed by atoms with Crippen molar-refractivity contribution in [3.63, 3.8) is 0 Å². The van der Waals surface area contributed by atoms with Gasteiger partial charge in [-0.15, -0.1) is 12.4 Å². The molecule has 2 atom stereocenters. The van der Waals surface area contributed by atoms with E-state index in [-0.39, 0.29) is 36.1 Å². The zero-order valence-corrected chi connectivity index (χ0v) is 32.1. The summed E-state index contributed by atoms with van der Waals surface area (Å²) in [7, 11) is 1.60. The van der Waals surface area contributed by atoms with Crippen molar-refractivity contribution in [1.82, 2.24) is 10.6 Å².